The van der Waals surface area contributed by atoms with Crippen molar-refractivity contribution in [3.63, 3.8) is 0 Å². The van der Waals surface area contributed by atoms with Gasteiger partial charge in [-0.05, 0) is 63.1 Å². The number of halogens is 2. The molecule has 0 bridgehead atoms. The first-order chi connectivity index (χ1) is 14.6. The van der Waals surface area contributed by atoms with E-state index in [2.05, 4.69) is 10.3 Å². The highest BCUT2D eigenvalue weighted by Crippen LogP contribution is 2.25. The molecule has 2 aromatic rings. The van der Waals surface area contributed by atoms with Crippen molar-refractivity contribution in [3.05, 3.63) is 57.7 Å². The molecule has 0 aliphatic heterocycles. The van der Waals surface area contributed by atoms with Gasteiger partial charge in [-0.25, -0.2) is 4.98 Å². The first-order valence-electron chi connectivity index (χ1n) is 10.0. The number of primary amides is 1. The average molecular weight is 466 g/mol. The minimum absolute atomic E-state index is 0.0899. The number of nitrogens with two attached hydrogens (primary N) is 2. The number of benzene rings is 1. The first-order valence-corrected chi connectivity index (χ1v) is 10.8. The second-order valence-corrected chi connectivity index (χ2v) is 8.69. The predicted octanol–water partition coefficient (Wildman–Crippen LogP) is 3.03. The zero-order chi connectivity index (χ0) is 23.1. The molecule has 0 aliphatic rings. The number of nitrogens with one attached hydrogen (secondary N) is 1. The number of carbonyl (C=O) groups excluding carboxylic acids is 2. The van der Waals surface area contributed by atoms with E-state index in [1.807, 2.05) is 31.9 Å². The van der Waals surface area contributed by atoms with Crippen LogP contribution in [0, 0.1) is 5.92 Å². The highest BCUT2D eigenvalue weighted by atomic mass is 35.5. The van der Waals surface area contributed by atoms with Gasteiger partial charge in [0.05, 0.1) is 16.1 Å². The fourth-order valence-electron chi connectivity index (χ4n) is 3.22. The zero-order valence-electron chi connectivity index (χ0n) is 17.9. The molecule has 1 heterocycles. The number of hydrogen-bond acceptors (Lipinski definition) is 5. The molecule has 0 spiro atoms. The number of rotatable bonds is 10. The molecule has 1 unspecified atom stereocenters. The van der Waals surface area contributed by atoms with Crippen LogP contribution in [0.1, 0.15) is 31.4 Å². The van der Waals surface area contributed by atoms with E-state index in [0.717, 1.165) is 11.1 Å². The van der Waals surface area contributed by atoms with Crippen molar-refractivity contribution < 1.29 is 9.59 Å². The minimum atomic E-state index is -0.586. The Kier molecular flexibility index (Phi) is 9.10. The predicted molar refractivity (Wildman–Crippen MR) is 125 cm³/mol. The average Bonchev–Trinajstić information content (AvgIpc) is 2.72. The van der Waals surface area contributed by atoms with E-state index in [-0.39, 0.29) is 18.4 Å². The molecule has 0 saturated carbocycles. The minimum Gasteiger partial charge on any atom is -0.384 e. The Morgan fingerprint density at radius 3 is 2.35 bits per heavy atom. The summed E-state index contributed by atoms with van der Waals surface area (Å²) in [6, 6.07) is 8.23. The number of nitrogens with zero attached hydrogens (tertiary/aromatic N) is 2. The van der Waals surface area contributed by atoms with Crippen molar-refractivity contribution in [3.8, 4) is 0 Å². The van der Waals surface area contributed by atoms with Gasteiger partial charge >= 0.3 is 0 Å². The number of pyridine rings is 1. The van der Waals surface area contributed by atoms with E-state index in [0.29, 0.717) is 28.8 Å². The molecule has 168 valence electrons. The van der Waals surface area contributed by atoms with Crippen molar-refractivity contribution in [2.45, 2.75) is 45.3 Å². The smallest absolute Gasteiger partial charge is 0.234 e. The van der Waals surface area contributed by atoms with E-state index in [9.17, 15) is 9.59 Å². The monoisotopic (exact) mass is 465 g/mol. The Morgan fingerprint density at radius 1 is 1.13 bits per heavy atom. The third-order valence-electron chi connectivity index (χ3n) is 5.29. The molecule has 2 amide bonds. The van der Waals surface area contributed by atoms with Crippen LogP contribution in [0.3, 0.4) is 0 Å². The van der Waals surface area contributed by atoms with Crippen molar-refractivity contribution in [1.82, 2.24) is 15.2 Å². The van der Waals surface area contributed by atoms with E-state index >= 15 is 0 Å². The lowest BCUT2D eigenvalue weighted by Gasteiger charge is -2.31. The van der Waals surface area contributed by atoms with E-state index in [4.69, 9.17) is 34.7 Å². The van der Waals surface area contributed by atoms with Gasteiger partial charge in [0.25, 0.3) is 0 Å². The number of likely N-dealkylation sites (N-methyl/N-ethyl adjacent to an activating group) is 1. The van der Waals surface area contributed by atoms with Gasteiger partial charge in [-0.3, -0.25) is 14.5 Å². The molecule has 0 radical (unpaired) electrons. The highest BCUT2D eigenvalue weighted by Gasteiger charge is 2.30. The zero-order valence-corrected chi connectivity index (χ0v) is 19.5. The summed E-state index contributed by atoms with van der Waals surface area (Å²) in [4.78, 5) is 31.2. The molecule has 0 aliphatic carbocycles. The van der Waals surface area contributed by atoms with Crippen LogP contribution in [-0.2, 0) is 22.6 Å². The molecule has 1 aromatic carbocycles. The highest BCUT2D eigenvalue weighted by molar-refractivity contribution is 6.42. The third kappa shape index (κ3) is 7.38. The van der Waals surface area contributed by atoms with Crippen LogP contribution in [0.4, 0.5) is 5.82 Å². The summed E-state index contributed by atoms with van der Waals surface area (Å²) in [6.07, 6.45) is 2.27. The molecule has 9 heteroatoms. The number of hydrogen-bond donors (Lipinski definition) is 3. The fourth-order valence-corrected chi connectivity index (χ4v) is 3.54. The second-order valence-electron chi connectivity index (χ2n) is 7.87. The maximum atomic E-state index is 13.1. The lowest BCUT2D eigenvalue weighted by molar-refractivity contribution is -0.128. The summed E-state index contributed by atoms with van der Waals surface area (Å²) in [6.45, 7) is 4.24. The molecule has 31 heavy (non-hydrogen) atoms. The van der Waals surface area contributed by atoms with Gasteiger partial charge in [-0.2, -0.15) is 0 Å². The summed E-state index contributed by atoms with van der Waals surface area (Å²) in [5, 5.41) is 3.78. The first kappa shape index (κ1) is 24.9. The van der Waals surface area contributed by atoms with Crippen LogP contribution in [0.25, 0.3) is 0 Å². The van der Waals surface area contributed by atoms with Crippen LogP contribution in [-0.4, -0.2) is 40.8 Å². The van der Waals surface area contributed by atoms with Gasteiger partial charge < -0.3 is 16.8 Å². The molecule has 2 atom stereocenters. The summed E-state index contributed by atoms with van der Waals surface area (Å²) in [5.41, 5.74) is 12.9. The van der Waals surface area contributed by atoms with Gasteiger partial charge in [-0.15, -0.1) is 0 Å². The Labute approximate surface area is 193 Å². The molecule has 5 N–H and O–H groups in total. The van der Waals surface area contributed by atoms with Crippen LogP contribution >= 0.6 is 23.2 Å². The van der Waals surface area contributed by atoms with Crippen molar-refractivity contribution >= 4 is 40.8 Å². The van der Waals surface area contributed by atoms with Gasteiger partial charge in [0.1, 0.15) is 5.82 Å². The Bertz CT molecular complexity index is 905. The van der Waals surface area contributed by atoms with E-state index in [1.54, 1.807) is 30.5 Å². The Morgan fingerprint density at radius 2 is 1.81 bits per heavy atom. The lowest BCUT2D eigenvalue weighted by Crippen LogP contribution is -2.48. The van der Waals surface area contributed by atoms with Crippen LogP contribution < -0.4 is 16.8 Å². The van der Waals surface area contributed by atoms with Gasteiger partial charge in [0.2, 0.25) is 11.8 Å². The lowest BCUT2D eigenvalue weighted by atomic mass is 9.90. The van der Waals surface area contributed by atoms with Crippen molar-refractivity contribution in [2.75, 3.05) is 12.8 Å². The van der Waals surface area contributed by atoms with Crippen LogP contribution in [0.2, 0.25) is 10.0 Å². The summed E-state index contributed by atoms with van der Waals surface area (Å²) < 4.78 is 0. The summed E-state index contributed by atoms with van der Waals surface area (Å²) >= 11 is 12.2. The number of amides is 2. The van der Waals surface area contributed by atoms with Crippen LogP contribution in [0.15, 0.2) is 36.5 Å². The van der Waals surface area contributed by atoms with Gasteiger partial charge in [0.15, 0.2) is 0 Å². The van der Waals surface area contributed by atoms with E-state index in [1.165, 1.54) is 0 Å². The fraction of sp³-hybridized carbons (Fsp3) is 0.409. The Hall–Kier alpha value is -2.35. The normalized spacial score (nSPS) is 13.3. The molecule has 0 saturated heterocycles. The third-order valence-corrected chi connectivity index (χ3v) is 6.03. The summed E-state index contributed by atoms with van der Waals surface area (Å²) in [5.74, 6) is -0.747. The standard InChI is InChI=1S/C22H29Cl2N5O2/c1-13(2)29(3)19(21(26)30)10-16(8-14-4-6-17(23)18(24)9-14)22(31)28-12-15-5-7-20(25)27-11-15/h4-7,9,11,13,16,19H,8,10,12H2,1-3H3,(H2,25,27)(H2,26,30)(H,28,31)/t16?,19-/m0/s1. The SMILES string of the molecule is CC(C)N(C)[C@@H](CC(Cc1ccc(Cl)c(Cl)c1)C(=O)NCc1ccc(N)nc1)C(N)=O. The van der Waals surface area contributed by atoms with Gasteiger partial charge in [-0.1, -0.05) is 35.3 Å². The van der Waals surface area contributed by atoms with Crippen molar-refractivity contribution in [2.24, 2.45) is 11.7 Å². The number of anilines is 1. The molecule has 0 fully saturated rings. The largest absolute Gasteiger partial charge is 0.384 e. The molecule has 2 rings (SSSR count). The number of nitrogen functional groups attached to an aromatic ring is 1. The quantitative estimate of drug-likeness (QED) is 0.498. The van der Waals surface area contributed by atoms with Crippen LogP contribution in [0.5, 0.6) is 0 Å². The maximum absolute atomic E-state index is 13.1. The molecule has 1 aromatic heterocycles. The molecule has 7 nitrogen and oxygen atoms in total. The second kappa shape index (κ2) is 11.3. The Balaban J connectivity index is 2.22. The summed E-state index contributed by atoms with van der Waals surface area (Å²) in [7, 11) is 1.83. The van der Waals surface area contributed by atoms with Gasteiger partial charge in [0, 0.05) is 24.7 Å². The maximum Gasteiger partial charge on any atom is 0.234 e. The van der Waals surface area contributed by atoms with E-state index < -0.39 is 17.9 Å². The molecular formula is C22H29Cl2N5O2. The number of aromatic nitrogens is 1. The van der Waals surface area contributed by atoms with Crippen molar-refractivity contribution in [1.29, 1.82) is 0 Å². The number of carbonyl (C=O) groups is 2. The topological polar surface area (TPSA) is 114 Å². The molecular weight excluding hydrogens is 437 g/mol.